The van der Waals surface area contributed by atoms with Gasteiger partial charge in [0.2, 0.25) is 0 Å². The van der Waals surface area contributed by atoms with Gasteiger partial charge in [-0.1, -0.05) is 6.07 Å². The summed E-state index contributed by atoms with van der Waals surface area (Å²) in [7, 11) is -3.68. The number of morpholine rings is 1. The van der Waals surface area contributed by atoms with Crippen LogP contribution in [0.25, 0.3) is 0 Å². The van der Waals surface area contributed by atoms with Gasteiger partial charge in [-0.25, -0.2) is 0 Å². The number of benzene rings is 1. The van der Waals surface area contributed by atoms with Crippen molar-refractivity contribution in [2.45, 2.75) is 26.0 Å². The predicted octanol–water partition coefficient (Wildman–Crippen LogP) is 1.22. The number of hydrogen-bond acceptors (Lipinski definition) is 5. The Bertz CT molecular complexity index is 649. The molecule has 22 heavy (non-hydrogen) atoms. The molecule has 3 rings (SSSR count). The second kappa shape index (κ2) is 5.94. The minimum absolute atomic E-state index is 0.128. The Morgan fingerprint density at radius 1 is 1.23 bits per heavy atom. The van der Waals surface area contributed by atoms with Crippen LogP contribution in [0.5, 0.6) is 11.5 Å². The molecular formula is C14H20N2O5S. The normalized spacial score (nSPS) is 25.7. The van der Waals surface area contributed by atoms with E-state index in [4.69, 9.17) is 14.2 Å². The SMILES string of the molecule is C[C@@H]1CO[C@@H](C)CN1S(=O)(=O)Nc1cccc2c1OCCO2. The molecule has 122 valence electrons. The summed E-state index contributed by atoms with van der Waals surface area (Å²) in [5.74, 6) is 0.987. The van der Waals surface area contributed by atoms with Gasteiger partial charge >= 0.3 is 10.2 Å². The Kier molecular flexibility index (Phi) is 4.16. The maximum atomic E-state index is 12.7. The van der Waals surface area contributed by atoms with Crippen LogP contribution in [0.3, 0.4) is 0 Å². The molecule has 1 aromatic carbocycles. The highest BCUT2D eigenvalue weighted by molar-refractivity contribution is 7.90. The summed E-state index contributed by atoms with van der Waals surface area (Å²) in [5, 5.41) is 0. The molecule has 7 nitrogen and oxygen atoms in total. The highest BCUT2D eigenvalue weighted by Crippen LogP contribution is 2.38. The van der Waals surface area contributed by atoms with Crippen LogP contribution in [0.1, 0.15) is 13.8 Å². The average Bonchev–Trinajstić information content (AvgIpc) is 2.50. The first kappa shape index (κ1) is 15.4. The maximum absolute atomic E-state index is 12.7. The lowest BCUT2D eigenvalue weighted by Crippen LogP contribution is -2.51. The Morgan fingerprint density at radius 2 is 2.00 bits per heavy atom. The molecular weight excluding hydrogens is 308 g/mol. The zero-order chi connectivity index (χ0) is 15.7. The van der Waals surface area contributed by atoms with Crippen LogP contribution in [0.4, 0.5) is 5.69 Å². The minimum Gasteiger partial charge on any atom is -0.486 e. The first-order valence-corrected chi connectivity index (χ1v) is 8.71. The highest BCUT2D eigenvalue weighted by Gasteiger charge is 2.34. The second-order valence-corrected chi connectivity index (χ2v) is 7.12. The smallest absolute Gasteiger partial charge is 0.302 e. The fourth-order valence-electron chi connectivity index (χ4n) is 2.56. The molecule has 2 atom stereocenters. The Hall–Kier alpha value is -1.51. The van der Waals surface area contributed by atoms with E-state index in [1.165, 1.54) is 4.31 Å². The van der Waals surface area contributed by atoms with Gasteiger partial charge in [-0.05, 0) is 26.0 Å². The van der Waals surface area contributed by atoms with Crippen LogP contribution in [-0.4, -0.2) is 51.2 Å². The number of hydrogen-bond donors (Lipinski definition) is 1. The van der Waals surface area contributed by atoms with Crippen LogP contribution in [0.2, 0.25) is 0 Å². The monoisotopic (exact) mass is 328 g/mol. The summed E-state index contributed by atoms with van der Waals surface area (Å²) in [4.78, 5) is 0. The summed E-state index contributed by atoms with van der Waals surface area (Å²) < 4.78 is 45.8. The predicted molar refractivity (Wildman–Crippen MR) is 81.6 cm³/mol. The molecule has 1 N–H and O–H groups in total. The number of anilines is 1. The molecule has 0 bridgehead atoms. The molecule has 8 heteroatoms. The van der Waals surface area contributed by atoms with Crippen LogP contribution < -0.4 is 14.2 Å². The lowest BCUT2D eigenvalue weighted by Gasteiger charge is -2.35. The molecule has 2 aliphatic heterocycles. The van der Waals surface area contributed by atoms with E-state index < -0.39 is 10.2 Å². The van der Waals surface area contributed by atoms with Crippen molar-refractivity contribution in [3.8, 4) is 11.5 Å². The quantitative estimate of drug-likeness (QED) is 0.903. The van der Waals surface area contributed by atoms with Crippen molar-refractivity contribution in [1.82, 2.24) is 4.31 Å². The molecule has 2 heterocycles. The maximum Gasteiger partial charge on any atom is 0.302 e. The molecule has 2 aliphatic rings. The van der Waals surface area contributed by atoms with Gasteiger partial charge in [-0.15, -0.1) is 0 Å². The van der Waals surface area contributed by atoms with E-state index in [0.29, 0.717) is 43.6 Å². The Morgan fingerprint density at radius 3 is 2.82 bits per heavy atom. The minimum atomic E-state index is -3.68. The topological polar surface area (TPSA) is 77.1 Å². The van der Waals surface area contributed by atoms with E-state index >= 15 is 0 Å². The number of para-hydroxylation sites is 1. The van der Waals surface area contributed by atoms with Crippen molar-refractivity contribution in [3.05, 3.63) is 18.2 Å². The zero-order valence-corrected chi connectivity index (χ0v) is 13.4. The summed E-state index contributed by atoms with van der Waals surface area (Å²) in [6.45, 7) is 5.25. The Balaban J connectivity index is 1.85. The van der Waals surface area contributed by atoms with E-state index in [1.807, 2.05) is 13.8 Å². The largest absolute Gasteiger partial charge is 0.486 e. The first-order valence-electron chi connectivity index (χ1n) is 7.27. The van der Waals surface area contributed by atoms with Crippen LogP contribution in [0, 0.1) is 0 Å². The lowest BCUT2D eigenvalue weighted by atomic mass is 10.2. The van der Waals surface area contributed by atoms with Crippen molar-refractivity contribution in [1.29, 1.82) is 0 Å². The molecule has 0 unspecified atom stereocenters. The zero-order valence-electron chi connectivity index (χ0n) is 12.6. The van der Waals surface area contributed by atoms with E-state index in [1.54, 1.807) is 18.2 Å². The molecule has 1 aromatic rings. The molecule has 1 fully saturated rings. The third-order valence-electron chi connectivity index (χ3n) is 3.66. The van der Waals surface area contributed by atoms with Gasteiger partial charge in [0, 0.05) is 12.6 Å². The lowest BCUT2D eigenvalue weighted by molar-refractivity contribution is -0.0168. The van der Waals surface area contributed by atoms with Crippen molar-refractivity contribution in [2.24, 2.45) is 0 Å². The summed E-state index contributed by atoms with van der Waals surface area (Å²) in [6, 6.07) is 4.94. The van der Waals surface area contributed by atoms with Crippen molar-refractivity contribution in [3.63, 3.8) is 0 Å². The van der Waals surface area contributed by atoms with Crippen LogP contribution in [0.15, 0.2) is 18.2 Å². The van der Waals surface area contributed by atoms with Gasteiger partial charge in [-0.3, -0.25) is 4.72 Å². The average molecular weight is 328 g/mol. The van der Waals surface area contributed by atoms with E-state index in [9.17, 15) is 8.42 Å². The van der Waals surface area contributed by atoms with Gasteiger partial charge in [0.1, 0.15) is 13.2 Å². The molecule has 0 radical (unpaired) electrons. The summed E-state index contributed by atoms with van der Waals surface area (Å²) in [5.41, 5.74) is 0.392. The number of nitrogens with zero attached hydrogens (tertiary/aromatic N) is 1. The van der Waals surface area contributed by atoms with Gasteiger partial charge < -0.3 is 14.2 Å². The summed E-state index contributed by atoms with van der Waals surface area (Å²) in [6.07, 6.45) is -0.128. The van der Waals surface area contributed by atoms with Gasteiger partial charge in [0.15, 0.2) is 11.5 Å². The van der Waals surface area contributed by atoms with Crippen LogP contribution >= 0.6 is 0 Å². The first-order chi connectivity index (χ1) is 10.5. The number of nitrogens with one attached hydrogen (secondary N) is 1. The number of fused-ring (bicyclic) bond motifs is 1. The van der Waals surface area contributed by atoms with Crippen molar-refractivity contribution in [2.75, 3.05) is 31.1 Å². The Labute approximate surface area is 130 Å². The molecule has 0 spiro atoms. The fourth-order valence-corrected chi connectivity index (χ4v) is 4.06. The highest BCUT2D eigenvalue weighted by atomic mass is 32.2. The van der Waals surface area contributed by atoms with Gasteiger partial charge in [0.05, 0.1) is 18.4 Å². The van der Waals surface area contributed by atoms with Crippen molar-refractivity contribution >= 4 is 15.9 Å². The molecule has 0 saturated carbocycles. The standard InChI is InChI=1S/C14H20N2O5S/c1-10-9-21-11(2)8-16(10)22(17,18)15-12-4-3-5-13-14(12)20-7-6-19-13/h3-5,10-11,15H,6-9H2,1-2H3/t10-,11+/m1/s1. The summed E-state index contributed by atoms with van der Waals surface area (Å²) >= 11 is 0. The van der Waals surface area contributed by atoms with Gasteiger partial charge in [-0.2, -0.15) is 12.7 Å². The van der Waals surface area contributed by atoms with Crippen LogP contribution in [-0.2, 0) is 14.9 Å². The third kappa shape index (κ3) is 2.99. The van der Waals surface area contributed by atoms with E-state index in [0.717, 1.165) is 0 Å². The van der Waals surface area contributed by atoms with E-state index in [2.05, 4.69) is 4.72 Å². The number of rotatable bonds is 3. The fraction of sp³-hybridized carbons (Fsp3) is 0.571. The second-order valence-electron chi connectivity index (χ2n) is 5.50. The molecule has 0 aliphatic carbocycles. The third-order valence-corrected chi connectivity index (χ3v) is 5.27. The molecule has 0 amide bonds. The molecule has 1 saturated heterocycles. The number of ether oxygens (including phenoxy) is 3. The van der Waals surface area contributed by atoms with E-state index in [-0.39, 0.29) is 12.1 Å². The van der Waals surface area contributed by atoms with Crippen molar-refractivity contribution < 1.29 is 22.6 Å². The molecule has 0 aromatic heterocycles. The van der Waals surface area contributed by atoms with Gasteiger partial charge in [0.25, 0.3) is 0 Å².